The highest BCUT2D eigenvalue weighted by Gasteiger charge is 2.83. The Morgan fingerprint density at radius 3 is 1.21 bits per heavy atom. The standard InChI is InChI=1S/C4HF9O8S3/c5-1(6,2(7,8)22(14,15)16)3(9,10)23(17,18)21-24(19,20)4(11,12)13/h(H,14,15,16). The average Bonchev–Trinajstić information content (AvgIpc) is 2.23. The van der Waals surface area contributed by atoms with Crippen LogP contribution in [-0.2, 0) is 34.0 Å². The predicted octanol–water partition coefficient (Wildman–Crippen LogP) is 0.891. The summed E-state index contributed by atoms with van der Waals surface area (Å²) in [5, 5.41) is -14.8. The first-order chi connectivity index (χ1) is 9.96. The number of hydrogen-bond acceptors (Lipinski definition) is 7. The van der Waals surface area contributed by atoms with Crippen molar-refractivity contribution in [3.63, 3.8) is 0 Å². The van der Waals surface area contributed by atoms with Crippen LogP contribution in [0.2, 0.25) is 0 Å². The summed E-state index contributed by atoms with van der Waals surface area (Å²) in [6.07, 6.45) is 0. The molecule has 0 spiro atoms. The van der Waals surface area contributed by atoms with E-state index in [0.29, 0.717) is 0 Å². The zero-order valence-electron chi connectivity index (χ0n) is 9.93. The number of rotatable bonds is 6. The molecule has 146 valence electrons. The fraction of sp³-hybridized carbons (Fsp3) is 1.00. The highest BCUT2D eigenvalue weighted by atomic mass is 32.3. The molecule has 0 amide bonds. The van der Waals surface area contributed by atoms with Gasteiger partial charge in [0, 0.05) is 0 Å². The van der Waals surface area contributed by atoms with Crippen molar-refractivity contribution in [3.8, 4) is 0 Å². The van der Waals surface area contributed by atoms with Gasteiger partial charge in [-0.1, -0.05) is 0 Å². The lowest BCUT2D eigenvalue weighted by Crippen LogP contribution is -2.61. The first kappa shape index (κ1) is 23.1. The summed E-state index contributed by atoms with van der Waals surface area (Å²) < 4.78 is 183. The molecular weight excluding hydrogens is 443 g/mol. The van der Waals surface area contributed by atoms with Crippen LogP contribution in [0.25, 0.3) is 0 Å². The molecule has 1 N–H and O–H groups in total. The van der Waals surface area contributed by atoms with Gasteiger partial charge in [0.15, 0.2) is 0 Å². The minimum Gasteiger partial charge on any atom is -0.281 e. The van der Waals surface area contributed by atoms with Crippen LogP contribution in [0.1, 0.15) is 0 Å². The lowest BCUT2D eigenvalue weighted by Gasteiger charge is -2.29. The summed E-state index contributed by atoms with van der Waals surface area (Å²) in [5.74, 6) is -7.65. The van der Waals surface area contributed by atoms with Crippen molar-refractivity contribution in [2.75, 3.05) is 0 Å². The SMILES string of the molecule is O=S(=O)(O)C(F)(F)C(F)(F)C(F)(F)S(=O)(=O)OS(=O)(=O)C(F)(F)F. The molecule has 0 aromatic rings. The van der Waals surface area contributed by atoms with Crippen LogP contribution in [-0.4, -0.2) is 51.7 Å². The smallest absolute Gasteiger partial charge is 0.281 e. The maximum atomic E-state index is 13.0. The Morgan fingerprint density at radius 1 is 0.625 bits per heavy atom. The molecule has 0 aromatic heterocycles. The van der Waals surface area contributed by atoms with Crippen LogP contribution in [0.4, 0.5) is 39.5 Å². The molecule has 0 heterocycles. The third kappa shape index (κ3) is 3.41. The van der Waals surface area contributed by atoms with Gasteiger partial charge in [-0.05, 0) is 0 Å². The topological polar surface area (TPSA) is 132 Å². The average molecular weight is 444 g/mol. The van der Waals surface area contributed by atoms with E-state index in [1.54, 1.807) is 0 Å². The minimum absolute atomic E-state index is 1.83. The highest BCUT2D eigenvalue weighted by molar-refractivity contribution is 8.00. The molecule has 0 radical (unpaired) electrons. The van der Waals surface area contributed by atoms with Crippen LogP contribution < -0.4 is 0 Å². The van der Waals surface area contributed by atoms with E-state index in [1.165, 1.54) is 0 Å². The maximum absolute atomic E-state index is 13.0. The van der Waals surface area contributed by atoms with Gasteiger partial charge in [-0.3, -0.25) is 4.55 Å². The van der Waals surface area contributed by atoms with Crippen molar-refractivity contribution < 1.29 is 72.9 Å². The molecule has 0 saturated carbocycles. The molecule has 0 aromatic carbocycles. The van der Waals surface area contributed by atoms with Crippen LogP contribution in [0.5, 0.6) is 0 Å². The van der Waals surface area contributed by atoms with Crippen molar-refractivity contribution in [2.24, 2.45) is 0 Å². The Morgan fingerprint density at radius 2 is 0.958 bits per heavy atom. The van der Waals surface area contributed by atoms with E-state index >= 15 is 0 Å². The van der Waals surface area contributed by atoms with E-state index in [2.05, 4.69) is 0 Å². The van der Waals surface area contributed by atoms with Gasteiger partial charge in [0.1, 0.15) is 0 Å². The lowest BCUT2D eigenvalue weighted by atomic mass is 10.3. The summed E-state index contributed by atoms with van der Waals surface area (Å²) in [5.41, 5.74) is -6.75. The predicted molar refractivity (Wildman–Crippen MR) is 51.4 cm³/mol. The van der Waals surface area contributed by atoms with Crippen molar-refractivity contribution >= 4 is 30.4 Å². The molecule has 24 heavy (non-hydrogen) atoms. The maximum Gasteiger partial charge on any atom is 0.524 e. The van der Waals surface area contributed by atoms with Crippen molar-refractivity contribution in [1.82, 2.24) is 0 Å². The second-order valence-electron chi connectivity index (χ2n) is 3.51. The van der Waals surface area contributed by atoms with E-state index in [9.17, 15) is 64.8 Å². The Kier molecular flexibility index (Phi) is 5.37. The summed E-state index contributed by atoms with van der Waals surface area (Å²) >= 11 is 0. The monoisotopic (exact) mass is 444 g/mol. The molecular formula is C4HF9O8S3. The van der Waals surface area contributed by atoms with Crippen LogP contribution in [0.3, 0.4) is 0 Å². The van der Waals surface area contributed by atoms with E-state index < -0.39 is 52.3 Å². The number of halogens is 9. The summed E-state index contributed by atoms with van der Waals surface area (Å²) in [7, 11) is -23.0. The molecule has 20 heteroatoms. The second-order valence-corrected chi connectivity index (χ2v) is 8.30. The molecule has 0 fully saturated rings. The van der Waals surface area contributed by atoms with Crippen LogP contribution in [0.15, 0.2) is 0 Å². The van der Waals surface area contributed by atoms with Crippen molar-refractivity contribution in [2.45, 2.75) is 21.9 Å². The van der Waals surface area contributed by atoms with Crippen LogP contribution in [0, 0.1) is 0 Å². The van der Waals surface area contributed by atoms with Gasteiger partial charge in [0.2, 0.25) is 0 Å². The molecule has 0 unspecified atom stereocenters. The minimum atomic E-state index is -8.05. The van der Waals surface area contributed by atoms with Crippen molar-refractivity contribution in [1.29, 1.82) is 0 Å². The Hall–Kier alpha value is -0.860. The summed E-state index contributed by atoms with van der Waals surface area (Å²) in [4.78, 5) is 0. The number of alkyl halides is 9. The third-order valence-corrected chi connectivity index (χ3v) is 5.62. The summed E-state index contributed by atoms with van der Waals surface area (Å²) in [6.45, 7) is 0. The molecule has 0 rings (SSSR count). The van der Waals surface area contributed by atoms with Gasteiger partial charge < -0.3 is 0 Å². The van der Waals surface area contributed by atoms with Crippen molar-refractivity contribution in [3.05, 3.63) is 0 Å². The van der Waals surface area contributed by atoms with Gasteiger partial charge in [-0.2, -0.15) is 64.8 Å². The highest BCUT2D eigenvalue weighted by Crippen LogP contribution is 2.51. The summed E-state index contributed by atoms with van der Waals surface area (Å²) in [6, 6.07) is 0. The zero-order valence-corrected chi connectivity index (χ0v) is 12.4. The fourth-order valence-electron chi connectivity index (χ4n) is 0.688. The molecule has 8 nitrogen and oxygen atoms in total. The molecule has 0 bridgehead atoms. The van der Waals surface area contributed by atoms with Gasteiger partial charge in [0.25, 0.3) is 0 Å². The molecule has 0 atom stereocenters. The van der Waals surface area contributed by atoms with Gasteiger partial charge in [-0.25, -0.2) is 0 Å². The van der Waals surface area contributed by atoms with Gasteiger partial charge in [-0.15, -0.1) is 3.63 Å². The van der Waals surface area contributed by atoms with E-state index in [-0.39, 0.29) is 0 Å². The fourth-order valence-corrected chi connectivity index (χ4v) is 3.24. The first-order valence-corrected chi connectivity index (χ1v) is 8.59. The largest absolute Gasteiger partial charge is 0.524 e. The quantitative estimate of drug-likeness (QED) is 0.363. The molecule has 0 aliphatic heterocycles. The van der Waals surface area contributed by atoms with Gasteiger partial charge >= 0.3 is 52.3 Å². The van der Waals surface area contributed by atoms with E-state index in [4.69, 9.17) is 4.55 Å². The lowest BCUT2D eigenvalue weighted by molar-refractivity contribution is -0.247. The third-order valence-electron chi connectivity index (χ3n) is 1.83. The Bertz CT molecular complexity index is 803. The Balaban J connectivity index is 6.36. The van der Waals surface area contributed by atoms with E-state index in [1.807, 2.05) is 3.63 Å². The first-order valence-electron chi connectivity index (χ1n) is 4.33. The van der Waals surface area contributed by atoms with Gasteiger partial charge in [0.05, 0.1) is 0 Å². The molecule has 0 aliphatic rings. The Labute approximate surface area is 126 Å². The molecule has 0 saturated heterocycles. The normalized spacial score (nSPS) is 16.2. The molecule has 0 aliphatic carbocycles. The van der Waals surface area contributed by atoms with E-state index in [0.717, 1.165) is 0 Å². The second kappa shape index (κ2) is 5.57. The number of hydrogen-bond donors (Lipinski definition) is 1. The van der Waals surface area contributed by atoms with Crippen LogP contribution >= 0.6 is 0 Å². The zero-order chi connectivity index (χ0) is 20.2.